The van der Waals surface area contributed by atoms with E-state index in [1.807, 2.05) is 12.1 Å². The molecule has 0 amide bonds. The van der Waals surface area contributed by atoms with Crippen LogP contribution in [0.15, 0.2) is 62.9 Å². The van der Waals surface area contributed by atoms with Crippen LogP contribution in [0.3, 0.4) is 0 Å². The lowest BCUT2D eigenvalue weighted by Crippen LogP contribution is -2.44. The summed E-state index contributed by atoms with van der Waals surface area (Å²) in [4.78, 5) is 32.0. The number of nitrogens with one attached hydrogen (secondary N) is 1. The average molecular weight is 671 g/mol. The van der Waals surface area contributed by atoms with E-state index in [4.69, 9.17) is 4.98 Å². The van der Waals surface area contributed by atoms with Crippen LogP contribution in [0.2, 0.25) is 0 Å². The van der Waals surface area contributed by atoms with Crippen LogP contribution in [-0.4, -0.2) is 72.1 Å². The van der Waals surface area contributed by atoms with Gasteiger partial charge in [0.15, 0.2) is 11.5 Å². The second kappa shape index (κ2) is 11.1. The highest BCUT2D eigenvalue weighted by atomic mass is 127. The Bertz CT molecular complexity index is 1700. The average Bonchev–Trinajstić information content (AvgIpc) is 3.23. The third-order valence-corrected chi connectivity index (χ3v) is 9.79. The van der Waals surface area contributed by atoms with E-state index < -0.39 is 37.7 Å². The van der Waals surface area contributed by atoms with E-state index in [2.05, 4.69) is 48.8 Å². The number of likely N-dealkylation sites (N-methyl/N-ethyl adjacent to an activating group) is 1. The minimum absolute atomic E-state index is 0.246. The fourth-order valence-corrected chi connectivity index (χ4v) is 6.46. The van der Waals surface area contributed by atoms with Crippen molar-refractivity contribution in [3.05, 3.63) is 74.1 Å². The van der Waals surface area contributed by atoms with E-state index >= 15 is 4.39 Å². The van der Waals surface area contributed by atoms with Gasteiger partial charge in [-0.1, -0.05) is 31.3 Å². The number of rotatable bonds is 4. The predicted octanol–water partition coefficient (Wildman–Crippen LogP) is 4.06. The number of aromatic nitrogens is 5. The summed E-state index contributed by atoms with van der Waals surface area (Å²) in [5.74, 6) is 0.247. The van der Waals surface area contributed by atoms with Gasteiger partial charge in [-0.3, -0.25) is 4.79 Å². The highest BCUT2D eigenvalue weighted by molar-refractivity contribution is 14.2. The van der Waals surface area contributed by atoms with E-state index in [1.54, 1.807) is 25.1 Å². The molecule has 1 saturated heterocycles. The third kappa shape index (κ3) is 5.43. The Morgan fingerprint density at radius 2 is 1.85 bits per heavy atom. The molecule has 214 valence electrons. The maximum atomic E-state index is 15.6. The van der Waals surface area contributed by atoms with Crippen LogP contribution in [0.25, 0.3) is 16.9 Å². The number of anilines is 3. The number of allylic oxidation sites excluding steroid dienone is 2. The van der Waals surface area contributed by atoms with Crippen molar-refractivity contribution in [3.63, 3.8) is 0 Å². The standard InChI is InChI=1S/C29H32FIN8O2/c1-29(41)12-11-23(31-2)22(30)18-38-27(40)21-17-32-28(35-26(21)39(38)25-6-4-5-24(29)34-25)33-19-7-9-20(10-8-19)37-15-13-36(3)14-16-37/h4-10,17,41H,2,11-16,18H2,1,3H3,(H,32,33,35)/b23-22-. The SMILES string of the molecule is C=I/C1=C(\F)Cn2c(=O)c3cnc(Nc4ccc(N5CCN(C)CC5)cc4)nc3n2-c2cccc(n2)C(C)(O)CC1. The van der Waals surface area contributed by atoms with E-state index in [0.29, 0.717) is 39.5 Å². The molecular formula is C29H32FIN8O2. The first-order chi connectivity index (χ1) is 19.7. The summed E-state index contributed by atoms with van der Waals surface area (Å²) in [6, 6.07) is 13.3. The smallest absolute Gasteiger partial charge is 0.278 e. The van der Waals surface area contributed by atoms with Gasteiger partial charge in [-0.05, 0) is 63.2 Å². The van der Waals surface area contributed by atoms with Crippen molar-refractivity contribution in [2.75, 3.05) is 43.4 Å². The minimum Gasteiger partial charge on any atom is -0.384 e. The fraction of sp³-hybridized carbons (Fsp3) is 0.345. The summed E-state index contributed by atoms with van der Waals surface area (Å²) < 4.78 is 22.9. The zero-order valence-electron chi connectivity index (χ0n) is 23.0. The van der Waals surface area contributed by atoms with Crippen LogP contribution in [0.5, 0.6) is 0 Å². The lowest BCUT2D eigenvalue weighted by molar-refractivity contribution is 0.0441. The molecule has 0 spiro atoms. The molecular weight excluding hydrogens is 638 g/mol. The van der Waals surface area contributed by atoms with Gasteiger partial charge in [0.05, 0.1) is 12.2 Å². The second-order valence-corrected chi connectivity index (χ2v) is 12.7. The van der Waals surface area contributed by atoms with Crippen molar-refractivity contribution in [3.8, 4) is 5.82 Å². The molecule has 6 rings (SSSR count). The zero-order chi connectivity index (χ0) is 28.7. The van der Waals surface area contributed by atoms with Crippen molar-refractivity contribution < 1.29 is 9.50 Å². The molecule has 2 aliphatic rings. The Morgan fingerprint density at radius 1 is 1.10 bits per heavy atom. The molecule has 3 aromatic heterocycles. The van der Waals surface area contributed by atoms with Gasteiger partial charge >= 0.3 is 0 Å². The summed E-state index contributed by atoms with van der Waals surface area (Å²) in [6.07, 6.45) is 2.11. The van der Waals surface area contributed by atoms with Gasteiger partial charge in [0.2, 0.25) is 5.95 Å². The maximum absolute atomic E-state index is 15.6. The number of benzene rings is 1. The Hall–Kier alpha value is -3.49. The van der Waals surface area contributed by atoms with E-state index in [1.165, 1.54) is 15.6 Å². The Kier molecular flexibility index (Phi) is 7.47. The van der Waals surface area contributed by atoms with Crippen LogP contribution in [-0.2, 0) is 12.1 Å². The molecule has 12 heteroatoms. The van der Waals surface area contributed by atoms with E-state index in [9.17, 15) is 9.90 Å². The first kappa shape index (κ1) is 27.7. The maximum Gasteiger partial charge on any atom is 0.278 e. The molecule has 10 nitrogen and oxygen atoms in total. The lowest BCUT2D eigenvalue weighted by atomic mass is 9.95. The normalized spacial score (nSPS) is 21.9. The summed E-state index contributed by atoms with van der Waals surface area (Å²) in [5, 5.41) is 14.7. The molecule has 4 aromatic rings. The number of hydrogen-bond acceptors (Lipinski definition) is 8. The number of piperazine rings is 1. The molecule has 41 heavy (non-hydrogen) atoms. The summed E-state index contributed by atoms with van der Waals surface area (Å²) in [7, 11) is 2.13. The molecule has 0 saturated carbocycles. The number of halogens is 2. The molecule has 1 atom stereocenters. The Labute approximate surface area is 246 Å². The quantitative estimate of drug-likeness (QED) is 0.314. The number of fused-ring (bicyclic) bond motifs is 6. The topological polar surface area (TPSA) is 104 Å². The summed E-state index contributed by atoms with van der Waals surface area (Å²) >= 11 is -0.836. The second-order valence-electron chi connectivity index (χ2n) is 10.7. The van der Waals surface area contributed by atoms with Crippen LogP contribution in [0.1, 0.15) is 25.5 Å². The van der Waals surface area contributed by atoms with Gasteiger partial charge in [-0.2, -0.15) is 4.98 Å². The van der Waals surface area contributed by atoms with Crippen LogP contribution >= 0.6 is 20.7 Å². The summed E-state index contributed by atoms with van der Waals surface area (Å²) in [6.45, 7) is 5.43. The minimum atomic E-state index is -1.28. The molecule has 2 bridgehead atoms. The fourth-order valence-electron chi connectivity index (χ4n) is 5.23. The zero-order valence-corrected chi connectivity index (χ0v) is 25.2. The number of pyridine rings is 1. The van der Waals surface area contributed by atoms with Crippen molar-refractivity contribution in [2.45, 2.75) is 31.9 Å². The van der Waals surface area contributed by atoms with Crippen molar-refractivity contribution >= 4 is 53.6 Å². The monoisotopic (exact) mass is 670 g/mol. The highest BCUT2D eigenvalue weighted by Crippen LogP contribution is 2.33. The molecule has 2 aliphatic heterocycles. The van der Waals surface area contributed by atoms with Crippen molar-refractivity contribution in [1.82, 2.24) is 29.2 Å². The molecule has 1 aromatic carbocycles. The first-order valence-electron chi connectivity index (χ1n) is 13.5. The predicted molar refractivity (Wildman–Crippen MR) is 168 cm³/mol. The third-order valence-electron chi connectivity index (χ3n) is 7.75. The van der Waals surface area contributed by atoms with E-state index in [-0.39, 0.29) is 11.9 Å². The van der Waals surface area contributed by atoms with Crippen LogP contribution in [0.4, 0.5) is 21.7 Å². The molecule has 0 aliphatic carbocycles. The number of nitrogens with zero attached hydrogens (tertiary/aromatic N) is 7. The molecule has 1 fully saturated rings. The van der Waals surface area contributed by atoms with Gasteiger partial charge in [0, 0.05) is 47.3 Å². The number of hydrogen-bond donors (Lipinski definition) is 2. The molecule has 5 heterocycles. The van der Waals surface area contributed by atoms with Gasteiger partial charge in [0.25, 0.3) is 5.56 Å². The molecule has 0 radical (unpaired) electrons. The number of aliphatic hydroxyl groups is 1. The van der Waals surface area contributed by atoms with Crippen LogP contribution < -0.4 is 15.8 Å². The molecule has 1 unspecified atom stereocenters. The van der Waals surface area contributed by atoms with Gasteiger partial charge in [-0.25, -0.2) is 23.7 Å². The Balaban J connectivity index is 1.41. The first-order valence-corrected chi connectivity index (χ1v) is 16.1. The van der Waals surface area contributed by atoms with Crippen molar-refractivity contribution in [2.24, 2.45) is 0 Å². The summed E-state index contributed by atoms with van der Waals surface area (Å²) in [5.41, 5.74) is 0.992. The van der Waals surface area contributed by atoms with E-state index in [0.717, 1.165) is 37.6 Å². The van der Waals surface area contributed by atoms with Crippen LogP contribution in [0, 0.1) is 0 Å². The highest BCUT2D eigenvalue weighted by Gasteiger charge is 2.28. The van der Waals surface area contributed by atoms with Gasteiger partial charge < -0.3 is 20.2 Å². The van der Waals surface area contributed by atoms with Gasteiger partial charge in [-0.15, -0.1) is 0 Å². The van der Waals surface area contributed by atoms with Gasteiger partial charge in [0.1, 0.15) is 16.8 Å². The Morgan fingerprint density at radius 3 is 2.59 bits per heavy atom. The molecule has 2 N–H and O–H groups in total. The lowest BCUT2D eigenvalue weighted by Gasteiger charge is -2.34. The van der Waals surface area contributed by atoms with Crippen molar-refractivity contribution in [1.29, 1.82) is 0 Å². The largest absolute Gasteiger partial charge is 0.384 e.